The van der Waals surface area contributed by atoms with E-state index in [1.165, 1.54) is 24.4 Å². The van der Waals surface area contributed by atoms with E-state index < -0.39 is 24.5 Å². The summed E-state index contributed by atoms with van der Waals surface area (Å²) in [7, 11) is 0. The first-order valence-corrected chi connectivity index (χ1v) is 9.94. The van der Waals surface area contributed by atoms with Gasteiger partial charge in [-0.15, -0.1) is 5.10 Å². The molecule has 4 nitrogen and oxygen atoms in total. The highest BCUT2D eigenvalue weighted by atomic mass is 19.4. The molecule has 4 rings (SSSR count). The van der Waals surface area contributed by atoms with Crippen LogP contribution in [0.2, 0.25) is 0 Å². The second kappa shape index (κ2) is 9.20. The molecular formula is C24H16F6N2O2. The van der Waals surface area contributed by atoms with Crippen LogP contribution in [0.5, 0.6) is 11.5 Å². The molecule has 0 N–H and O–H groups in total. The molecule has 0 amide bonds. The molecule has 0 saturated carbocycles. The number of nitrogens with zero attached hydrogens (tertiary/aromatic N) is 2. The zero-order valence-electron chi connectivity index (χ0n) is 17.3. The van der Waals surface area contributed by atoms with Gasteiger partial charge in [-0.25, -0.2) is 0 Å². The number of benzene rings is 3. The Balaban J connectivity index is 1.60. The van der Waals surface area contributed by atoms with Gasteiger partial charge >= 0.3 is 12.4 Å². The Morgan fingerprint density at radius 1 is 0.794 bits per heavy atom. The van der Waals surface area contributed by atoms with Crippen molar-refractivity contribution < 1.29 is 35.8 Å². The van der Waals surface area contributed by atoms with Crippen LogP contribution in [0.15, 0.2) is 72.9 Å². The Morgan fingerprint density at radius 2 is 1.56 bits per heavy atom. The molecule has 0 fully saturated rings. The molecule has 0 unspecified atom stereocenters. The Hall–Kier alpha value is -3.82. The number of fused-ring (bicyclic) bond motifs is 1. The average molecular weight is 478 g/mol. The Kier molecular flexibility index (Phi) is 6.32. The van der Waals surface area contributed by atoms with Gasteiger partial charge in [-0.2, -0.15) is 31.4 Å². The predicted octanol–water partition coefficient (Wildman–Crippen LogP) is 6.84. The molecule has 0 aliphatic rings. The molecule has 176 valence electrons. The quantitative estimate of drug-likeness (QED) is 0.285. The van der Waals surface area contributed by atoms with Gasteiger partial charge in [0.1, 0.15) is 23.6 Å². The van der Waals surface area contributed by atoms with Crippen molar-refractivity contribution in [3.05, 3.63) is 84.1 Å². The normalized spacial score (nSPS) is 12.1. The lowest BCUT2D eigenvalue weighted by Crippen LogP contribution is -2.19. The van der Waals surface area contributed by atoms with Crippen LogP contribution < -0.4 is 9.47 Å². The molecule has 0 aliphatic carbocycles. The van der Waals surface area contributed by atoms with Crippen molar-refractivity contribution >= 4 is 10.9 Å². The van der Waals surface area contributed by atoms with Crippen LogP contribution in [0.3, 0.4) is 0 Å². The van der Waals surface area contributed by atoms with Crippen molar-refractivity contribution in [3.8, 4) is 22.6 Å². The maximum absolute atomic E-state index is 13.4. The van der Waals surface area contributed by atoms with Crippen molar-refractivity contribution in [3.63, 3.8) is 0 Å². The molecule has 3 aromatic carbocycles. The molecule has 1 aromatic heterocycles. The molecule has 0 bridgehead atoms. The minimum absolute atomic E-state index is 0.0417. The van der Waals surface area contributed by atoms with Gasteiger partial charge in [0.05, 0.1) is 11.8 Å². The average Bonchev–Trinajstić information content (AvgIpc) is 2.80. The highest BCUT2D eigenvalue weighted by molar-refractivity contribution is 5.95. The molecular weight excluding hydrogens is 462 g/mol. The van der Waals surface area contributed by atoms with E-state index in [-0.39, 0.29) is 23.3 Å². The Morgan fingerprint density at radius 3 is 2.32 bits per heavy atom. The van der Waals surface area contributed by atoms with Gasteiger partial charge < -0.3 is 9.47 Å². The number of aromatic nitrogens is 2. The maximum Gasteiger partial charge on any atom is 0.422 e. The van der Waals surface area contributed by atoms with Crippen molar-refractivity contribution in [2.75, 3.05) is 6.61 Å². The molecule has 1 heterocycles. The third-order valence-electron chi connectivity index (χ3n) is 4.88. The number of halogens is 6. The Labute approximate surface area is 189 Å². The lowest BCUT2D eigenvalue weighted by atomic mass is 10.0. The predicted molar refractivity (Wildman–Crippen MR) is 112 cm³/mol. The smallest absolute Gasteiger partial charge is 0.422 e. The summed E-state index contributed by atoms with van der Waals surface area (Å²) < 4.78 is 88.2. The van der Waals surface area contributed by atoms with Crippen molar-refractivity contribution in [1.82, 2.24) is 10.2 Å². The number of para-hydroxylation sites is 1. The van der Waals surface area contributed by atoms with Crippen LogP contribution >= 0.6 is 0 Å². The second-order valence-electron chi connectivity index (χ2n) is 7.29. The molecule has 0 atom stereocenters. The molecule has 0 spiro atoms. The first-order valence-electron chi connectivity index (χ1n) is 9.94. The van der Waals surface area contributed by atoms with Crippen LogP contribution in [0, 0.1) is 0 Å². The summed E-state index contributed by atoms with van der Waals surface area (Å²) in [4.78, 5) is 0. The monoisotopic (exact) mass is 478 g/mol. The summed E-state index contributed by atoms with van der Waals surface area (Å²) in [5.41, 5.74) is 0.216. The summed E-state index contributed by atoms with van der Waals surface area (Å²) >= 11 is 0. The van der Waals surface area contributed by atoms with Crippen molar-refractivity contribution in [2.45, 2.75) is 19.0 Å². The van der Waals surface area contributed by atoms with E-state index in [0.29, 0.717) is 22.4 Å². The largest absolute Gasteiger partial charge is 0.489 e. The summed E-state index contributed by atoms with van der Waals surface area (Å²) in [6.07, 6.45) is -7.70. The van der Waals surface area contributed by atoms with E-state index in [1.807, 2.05) is 0 Å². The lowest BCUT2D eigenvalue weighted by Gasteiger charge is -2.14. The van der Waals surface area contributed by atoms with E-state index in [0.717, 1.165) is 6.07 Å². The highest BCUT2D eigenvalue weighted by Gasteiger charge is 2.33. The van der Waals surface area contributed by atoms with Gasteiger partial charge in [0.15, 0.2) is 6.61 Å². The molecule has 34 heavy (non-hydrogen) atoms. The second-order valence-corrected chi connectivity index (χ2v) is 7.29. The summed E-state index contributed by atoms with van der Waals surface area (Å²) in [5, 5.41) is 7.69. The molecule has 0 radical (unpaired) electrons. The van der Waals surface area contributed by atoms with Crippen molar-refractivity contribution in [1.29, 1.82) is 0 Å². The molecule has 10 heteroatoms. The molecule has 0 aliphatic heterocycles. The van der Waals surface area contributed by atoms with Crippen LogP contribution in [0.25, 0.3) is 22.0 Å². The fourth-order valence-electron chi connectivity index (χ4n) is 3.38. The third-order valence-corrected chi connectivity index (χ3v) is 4.88. The number of hydrogen-bond donors (Lipinski definition) is 0. The van der Waals surface area contributed by atoms with Gasteiger partial charge in [0.2, 0.25) is 0 Å². The highest BCUT2D eigenvalue weighted by Crippen LogP contribution is 2.37. The number of alkyl halides is 6. The SMILES string of the molecule is FC(F)(F)COc1ccccc1COc1cccc(-c2cnnc3c(C(F)(F)F)cccc23)c1. The van der Waals surface area contributed by atoms with E-state index in [9.17, 15) is 26.3 Å². The minimum Gasteiger partial charge on any atom is -0.489 e. The van der Waals surface area contributed by atoms with Crippen molar-refractivity contribution in [2.24, 2.45) is 0 Å². The standard InChI is InChI=1S/C24H16F6N2O2/c25-23(26,27)14-34-21-10-2-1-5-16(21)13-33-17-7-3-6-15(11-17)19-12-31-32-22-18(19)8-4-9-20(22)24(28,29)30/h1-12H,13-14H2. The van der Waals surface area contributed by atoms with Gasteiger partial charge in [-0.1, -0.05) is 42.5 Å². The van der Waals surface area contributed by atoms with Gasteiger partial charge in [-0.3, -0.25) is 0 Å². The number of hydrogen-bond acceptors (Lipinski definition) is 4. The lowest BCUT2D eigenvalue weighted by molar-refractivity contribution is -0.153. The van der Waals surface area contributed by atoms with Crippen LogP contribution in [0.4, 0.5) is 26.3 Å². The van der Waals surface area contributed by atoms with Gasteiger partial charge in [0.25, 0.3) is 0 Å². The van der Waals surface area contributed by atoms with Crippen LogP contribution in [0.1, 0.15) is 11.1 Å². The zero-order chi connectivity index (χ0) is 24.3. The van der Waals surface area contributed by atoms with Crippen LogP contribution in [-0.4, -0.2) is 23.0 Å². The van der Waals surface area contributed by atoms with E-state index in [4.69, 9.17) is 9.47 Å². The fraction of sp³-hybridized carbons (Fsp3) is 0.167. The Bertz CT molecular complexity index is 1300. The first-order chi connectivity index (χ1) is 16.1. The topological polar surface area (TPSA) is 44.2 Å². The number of rotatable bonds is 6. The maximum atomic E-state index is 13.4. The third kappa shape index (κ3) is 5.38. The van der Waals surface area contributed by atoms with E-state index in [1.54, 1.807) is 42.5 Å². The molecule has 0 saturated heterocycles. The van der Waals surface area contributed by atoms with E-state index in [2.05, 4.69) is 10.2 Å². The summed E-state index contributed by atoms with van der Waals surface area (Å²) in [5.74, 6) is 0.403. The van der Waals surface area contributed by atoms with Gasteiger partial charge in [-0.05, 0) is 29.8 Å². The number of ether oxygens (including phenoxy) is 2. The van der Waals surface area contributed by atoms with Crippen LogP contribution in [-0.2, 0) is 12.8 Å². The zero-order valence-corrected chi connectivity index (χ0v) is 17.3. The fourth-order valence-corrected chi connectivity index (χ4v) is 3.38. The first kappa shape index (κ1) is 23.3. The van der Waals surface area contributed by atoms with Gasteiger partial charge in [0, 0.05) is 16.5 Å². The minimum atomic E-state index is -4.58. The summed E-state index contributed by atoms with van der Waals surface area (Å²) in [6, 6.07) is 16.5. The molecule has 4 aromatic rings. The summed E-state index contributed by atoms with van der Waals surface area (Å²) in [6.45, 7) is -1.51. The van der Waals surface area contributed by atoms with E-state index >= 15 is 0 Å².